The molecule has 4 rings (SSSR count). The van der Waals surface area contributed by atoms with Crippen LogP contribution in [0.4, 0.5) is 0 Å². The van der Waals surface area contributed by atoms with Gasteiger partial charge in [0.25, 0.3) is 0 Å². The molecule has 0 radical (unpaired) electrons. The zero-order valence-corrected chi connectivity index (χ0v) is 20.0. The molecule has 32 heavy (non-hydrogen) atoms. The molecule has 4 aromatic rings. The van der Waals surface area contributed by atoms with Crippen molar-refractivity contribution < 1.29 is 9.84 Å². The van der Waals surface area contributed by atoms with Gasteiger partial charge in [0.2, 0.25) is 0 Å². The number of phenols is 1. The second-order valence-electron chi connectivity index (χ2n) is 8.52. The van der Waals surface area contributed by atoms with Crippen molar-refractivity contribution in [3.63, 3.8) is 0 Å². The highest BCUT2D eigenvalue weighted by molar-refractivity contribution is 7.99. The third-order valence-electron chi connectivity index (χ3n) is 4.91. The van der Waals surface area contributed by atoms with E-state index in [-0.39, 0.29) is 11.2 Å². The van der Waals surface area contributed by atoms with Crippen LogP contribution < -0.4 is 4.74 Å². The molecule has 2 nitrogen and oxygen atoms in total. The van der Waals surface area contributed by atoms with Gasteiger partial charge in [-0.1, -0.05) is 56.4 Å². The molecule has 162 valence electrons. The molecule has 0 fully saturated rings. The molecule has 1 N–H and O–H groups in total. The van der Waals surface area contributed by atoms with Crippen LogP contribution in [0.3, 0.4) is 0 Å². The summed E-state index contributed by atoms with van der Waals surface area (Å²) in [7, 11) is 0. The van der Waals surface area contributed by atoms with E-state index in [1.165, 1.54) is 20.2 Å². The van der Waals surface area contributed by atoms with Crippen molar-refractivity contribution in [2.45, 2.75) is 45.8 Å². The quantitative estimate of drug-likeness (QED) is 0.313. The predicted molar refractivity (Wildman–Crippen MR) is 134 cm³/mol. The summed E-state index contributed by atoms with van der Waals surface area (Å²) in [5.74, 6) is 1.69. The number of ether oxygens (including phenoxy) is 1. The Bertz CT molecular complexity index is 1140. The summed E-state index contributed by atoms with van der Waals surface area (Å²) >= 11 is 3.51. The normalized spacial score (nSPS) is 11.3. The third-order valence-corrected chi connectivity index (χ3v) is 6.94. The minimum Gasteiger partial charge on any atom is -0.508 e. The lowest BCUT2D eigenvalue weighted by molar-refractivity contribution is 0.464. The second kappa shape index (κ2) is 9.76. The molecule has 0 aliphatic heterocycles. The van der Waals surface area contributed by atoms with Gasteiger partial charge in [-0.05, 0) is 95.9 Å². The van der Waals surface area contributed by atoms with Gasteiger partial charge in [0.1, 0.15) is 17.2 Å². The first-order valence-corrected chi connectivity index (χ1v) is 12.1. The maximum absolute atomic E-state index is 9.37. The number of rotatable bonds is 6. The van der Waals surface area contributed by atoms with Gasteiger partial charge >= 0.3 is 0 Å². The monoisotopic (exact) mass is 458 g/mol. The maximum Gasteiger partial charge on any atom is 0.127 e. The number of benzene rings is 4. The van der Waals surface area contributed by atoms with Crippen molar-refractivity contribution >= 4 is 23.5 Å². The first-order valence-electron chi connectivity index (χ1n) is 10.5. The Morgan fingerprint density at radius 1 is 0.531 bits per heavy atom. The fourth-order valence-electron chi connectivity index (χ4n) is 3.10. The fraction of sp³-hybridized carbons (Fsp3) is 0.143. The molecule has 0 saturated heterocycles. The highest BCUT2D eigenvalue weighted by Gasteiger charge is 2.13. The lowest BCUT2D eigenvalue weighted by atomic mass is 9.87. The fourth-order valence-corrected chi connectivity index (χ4v) is 4.73. The standard InChI is InChI=1S/C28H26O2S2/c1-28(2,3)20-4-12-24(13-5-20)31-26-16-18-27(19-17-26)32-25-14-10-23(11-15-25)30-22-8-6-21(29)7-9-22/h4-19,29H,1-3H3. The molecule has 0 aromatic heterocycles. The smallest absolute Gasteiger partial charge is 0.127 e. The Labute approximate surface area is 198 Å². The Kier molecular flexibility index (Phi) is 6.83. The molecular formula is C28H26O2S2. The van der Waals surface area contributed by atoms with Crippen molar-refractivity contribution in [1.29, 1.82) is 0 Å². The van der Waals surface area contributed by atoms with Crippen LogP contribution in [0, 0.1) is 0 Å². The second-order valence-corrected chi connectivity index (χ2v) is 10.8. The Morgan fingerprint density at radius 3 is 1.28 bits per heavy atom. The minimum atomic E-state index is 0.178. The highest BCUT2D eigenvalue weighted by Crippen LogP contribution is 2.34. The van der Waals surface area contributed by atoms with Gasteiger partial charge in [-0.25, -0.2) is 0 Å². The number of phenolic OH excluding ortho intramolecular Hbond substituents is 1. The van der Waals surface area contributed by atoms with E-state index in [2.05, 4.69) is 81.4 Å². The molecule has 0 unspecified atom stereocenters. The molecule has 0 amide bonds. The lowest BCUT2D eigenvalue weighted by Gasteiger charge is -2.19. The molecule has 4 heteroatoms. The van der Waals surface area contributed by atoms with Crippen molar-refractivity contribution in [2.24, 2.45) is 0 Å². The summed E-state index contributed by atoms with van der Waals surface area (Å²) in [6.45, 7) is 6.71. The van der Waals surface area contributed by atoms with E-state index in [0.717, 1.165) is 10.6 Å². The van der Waals surface area contributed by atoms with Gasteiger partial charge < -0.3 is 9.84 Å². The van der Waals surface area contributed by atoms with Gasteiger partial charge in [0, 0.05) is 19.6 Å². The van der Waals surface area contributed by atoms with Crippen molar-refractivity contribution in [1.82, 2.24) is 0 Å². The van der Waals surface area contributed by atoms with E-state index >= 15 is 0 Å². The minimum absolute atomic E-state index is 0.178. The summed E-state index contributed by atoms with van der Waals surface area (Å²) in [6.07, 6.45) is 0. The molecule has 0 aliphatic carbocycles. The summed E-state index contributed by atoms with van der Waals surface area (Å²) in [6, 6.07) is 32.3. The Hall–Kier alpha value is -2.82. The van der Waals surface area contributed by atoms with Gasteiger partial charge in [0.05, 0.1) is 0 Å². The molecular weight excluding hydrogens is 432 g/mol. The molecule has 0 heterocycles. The van der Waals surface area contributed by atoms with Crippen LogP contribution in [-0.2, 0) is 5.41 Å². The third kappa shape index (κ3) is 6.12. The van der Waals surface area contributed by atoms with Gasteiger partial charge in [0.15, 0.2) is 0 Å². The number of aromatic hydroxyl groups is 1. The summed E-state index contributed by atoms with van der Waals surface area (Å²) in [5, 5.41) is 9.37. The first-order chi connectivity index (χ1) is 15.3. The van der Waals surface area contributed by atoms with Crippen LogP contribution >= 0.6 is 23.5 Å². The van der Waals surface area contributed by atoms with Crippen LogP contribution in [0.25, 0.3) is 0 Å². The van der Waals surface area contributed by atoms with Gasteiger partial charge in [-0.2, -0.15) is 0 Å². The Morgan fingerprint density at radius 2 is 0.875 bits per heavy atom. The molecule has 0 saturated carbocycles. The van der Waals surface area contributed by atoms with E-state index in [4.69, 9.17) is 4.74 Å². The first kappa shape index (κ1) is 22.4. The topological polar surface area (TPSA) is 29.5 Å². The number of hydrogen-bond acceptors (Lipinski definition) is 4. The van der Waals surface area contributed by atoms with E-state index in [9.17, 15) is 5.11 Å². The molecule has 0 bridgehead atoms. The summed E-state index contributed by atoms with van der Waals surface area (Å²) < 4.78 is 5.81. The largest absolute Gasteiger partial charge is 0.508 e. The SMILES string of the molecule is CC(C)(C)c1ccc(Sc2ccc(Sc3ccc(Oc4ccc(O)cc4)cc3)cc2)cc1. The van der Waals surface area contributed by atoms with Crippen LogP contribution in [-0.4, -0.2) is 5.11 Å². The van der Waals surface area contributed by atoms with Crippen LogP contribution in [0.1, 0.15) is 26.3 Å². The van der Waals surface area contributed by atoms with E-state index in [0.29, 0.717) is 5.75 Å². The average molecular weight is 459 g/mol. The van der Waals surface area contributed by atoms with Crippen molar-refractivity contribution in [3.8, 4) is 17.2 Å². The van der Waals surface area contributed by atoms with Crippen LogP contribution in [0.2, 0.25) is 0 Å². The van der Waals surface area contributed by atoms with Crippen LogP contribution in [0.5, 0.6) is 17.2 Å². The molecule has 0 spiro atoms. The van der Waals surface area contributed by atoms with E-state index < -0.39 is 0 Å². The van der Waals surface area contributed by atoms with E-state index in [1.807, 2.05) is 12.1 Å². The molecule has 4 aromatic carbocycles. The van der Waals surface area contributed by atoms with Gasteiger partial charge in [-0.15, -0.1) is 0 Å². The summed E-state index contributed by atoms with van der Waals surface area (Å²) in [5.41, 5.74) is 1.53. The lowest BCUT2D eigenvalue weighted by Crippen LogP contribution is -2.10. The molecule has 0 atom stereocenters. The van der Waals surface area contributed by atoms with E-state index in [1.54, 1.807) is 47.8 Å². The highest BCUT2D eigenvalue weighted by atomic mass is 32.2. The van der Waals surface area contributed by atoms with Crippen molar-refractivity contribution in [3.05, 3.63) is 103 Å². The van der Waals surface area contributed by atoms with Crippen LogP contribution in [0.15, 0.2) is 117 Å². The van der Waals surface area contributed by atoms with Gasteiger partial charge in [-0.3, -0.25) is 0 Å². The molecule has 0 aliphatic rings. The summed E-state index contributed by atoms with van der Waals surface area (Å²) in [4.78, 5) is 4.84. The zero-order chi connectivity index (χ0) is 22.6. The van der Waals surface area contributed by atoms with Crippen molar-refractivity contribution in [2.75, 3.05) is 0 Å². The predicted octanol–water partition coefficient (Wildman–Crippen LogP) is 8.78. The Balaban J connectivity index is 1.34. The average Bonchev–Trinajstić information content (AvgIpc) is 2.78. The maximum atomic E-state index is 9.37. The number of hydrogen-bond donors (Lipinski definition) is 1. The zero-order valence-electron chi connectivity index (χ0n) is 18.4.